The van der Waals surface area contributed by atoms with Crippen molar-refractivity contribution < 1.29 is 13.2 Å². The second kappa shape index (κ2) is 4.29. The zero-order valence-corrected chi connectivity index (χ0v) is 8.69. The molecule has 0 aromatic rings. The molecule has 1 N–H and O–H groups in total. The van der Waals surface area contributed by atoms with Crippen LogP contribution in [0.2, 0.25) is 0 Å². The smallest absolute Gasteiger partial charge is 0.250 e. The van der Waals surface area contributed by atoms with E-state index < -0.39 is 12.1 Å². The second-order valence-corrected chi connectivity index (χ2v) is 4.48. The van der Waals surface area contributed by atoms with E-state index in [4.69, 9.17) is 0 Å². The van der Waals surface area contributed by atoms with Gasteiger partial charge in [0.25, 0.3) is 5.92 Å². The van der Waals surface area contributed by atoms with E-state index in [0.29, 0.717) is 32.5 Å². The molecule has 0 aliphatic carbocycles. The molecule has 0 spiro atoms. The number of hydrogen-bond donors (Lipinski definition) is 1. The fourth-order valence-corrected chi connectivity index (χ4v) is 2.29. The third-order valence-corrected chi connectivity index (χ3v) is 3.29. The molecule has 0 bridgehead atoms. The van der Waals surface area contributed by atoms with Gasteiger partial charge in [-0.15, -0.1) is 0 Å². The van der Waals surface area contributed by atoms with Crippen molar-refractivity contribution in [2.24, 2.45) is 0 Å². The van der Waals surface area contributed by atoms with Gasteiger partial charge in [-0.05, 0) is 13.0 Å². The highest BCUT2D eigenvalue weighted by Crippen LogP contribution is 2.29. The number of likely N-dealkylation sites (tertiary alicyclic amines) is 1. The lowest BCUT2D eigenvalue weighted by atomic mass is 10.0. The average Bonchev–Trinajstić information content (AvgIpc) is 2.17. The highest BCUT2D eigenvalue weighted by Gasteiger charge is 2.37. The molecule has 2 atom stereocenters. The molecular weight excluding hydrogens is 205 g/mol. The van der Waals surface area contributed by atoms with Gasteiger partial charge in [-0.3, -0.25) is 4.90 Å². The molecule has 2 rings (SSSR count). The van der Waals surface area contributed by atoms with Gasteiger partial charge in [0.05, 0.1) is 6.17 Å². The summed E-state index contributed by atoms with van der Waals surface area (Å²) >= 11 is 0. The molecule has 0 radical (unpaired) electrons. The van der Waals surface area contributed by atoms with Gasteiger partial charge in [0.1, 0.15) is 6.17 Å². The molecule has 2 aliphatic rings. The SMILES string of the molecule is FC1CCNC(N2CCC(F)(F)CC2)C1. The van der Waals surface area contributed by atoms with E-state index in [1.54, 1.807) is 0 Å². The van der Waals surface area contributed by atoms with E-state index in [9.17, 15) is 13.2 Å². The Balaban J connectivity index is 1.84. The van der Waals surface area contributed by atoms with Crippen LogP contribution >= 0.6 is 0 Å². The summed E-state index contributed by atoms with van der Waals surface area (Å²) in [5, 5.41) is 3.19. The number of halogens is 3. The van der Waals surface area contributed by atoms with E-state index in [2.05, 4.69) is 5.32 Å². The minimum Gasteiger partial charge on any atom is -0.302 e. The fourth-order valence-electron chi connectivity index (χ4n) is 2.29. The van der Waals surface area contributed by atoms with Crippen LogP contribution in [0.4, 0.5) is 13.2 Å². The number of piperidine rings is 2. The molecule has 2 saturated heterocycles. The molecule has 15 heavy (non-hydrogen) atoms. The highest BCUT2D eigenvalue weighted by molar-refractivity contribution is 4.84. The van der Waals surface area contributed by atoms with Gasteiger partial charge in [-0.2, -0.15) is 0 Å². The van der Waals surface area contributed by atoms with Gasteiger partial charge < -0.3 is 5.32 Å². The summed E-state index contributed by atoms with van der Waals surface area (Å²) in [6, 6.07) is 0. The van der Waals surface area contributed by atoms with Crippen LogP contribution in [0.5, 0.6) is 0 Å². The summed E-state index contributed by atoms with van der Waals surface area (Å²) in [5.74, 6) is -2.51. The Morgan fingerprint density at radius 1 is 1.20 bits per heavy atom. The molecule has 2 aliphatic heterocycles. The topological polar surface area (TPSA) is 15.3 Å². The van der Waals surface area contributed by atoms with Crippen LogP contribution in [0.3, 0.4) is 0 Å². The van der Waals surface area contributed by atoms with Crippen molar-refractivity contribution in [2.45, 2.75) is 43.9 Å². The molecule has 2 nitrogen and oxygen atoms in total. The van der Waals surface area contributed by atoms with Crippen molar-refractivity contribution >= 4 is 0 Å². The molecule has 2 fully saturated rings. The maximum Gasteiger partial charge on any atom is 0.250 e. The van der Waals surface area contributed by atoms with E-state index in [-0.39, 0.29) is 19.0 Å². The van der Waals surface area contributed by atoms with Crippen molar-refractivity contribution in [3.63, 3.8) is 0 Å². The summed E-state index contributed by atoms with van der Waals surface area (Å²) in [6.07, 6.45) is -0.0281. The third-order valence-electron chi connectivity index (χ3n) is 3.29. The lowest BCUT2D eigenvalue weighted by Crippen LogP contribution is -2.54. The van der Waals surface area contributed by atoms with Gasteiger partial charge >= 0.3 is 0 Å². The van der Waals surface area contributed by atoms with Crippen molar-refractivity contribution in [1.82, 2.24) is 10.2 Å². The number of nitrogens with one attached hydrogen (secondary N) is 1. The first-order valence-electron chi connectivity index (χ1n) is 5.56. The number of alkyl halides is 3. The minimum absolute atomic E-state index is 0.0372. The second-order valence-electron chi connectivity index (χ2n) is 4.48. The maximum atomic E-state index is 13.1. The van der Waals surface area contributed by atoms with Crippen molar-refractivity contribution in [3.05, 3.63) is 0 Å². The predicted octanol–water partition coefficient (Wildman–Crippen LogP) is 1.77. The van der Waals surface area contributed by atoms with Crippen LogP contribution in [0.1, 0.15) is 25.7 Å². The minimum atomic E-state index is -2.51. The standard InChI is InChI=1S/C10H17F3N2/c11-8-1-4-14-9(7-8)15-5-2-10(12,13)3-6-15/h8-9,14H,1-7H2. The summed E-state index contributed by atoms with van der Waals surface area (Å²) in [7, 11) is 0. The van der Waals surface area contributed by atoms with Crippen LogP contribution in [0.15, 0.2) is 0 Å². The zero-order chi connectivity index (χ0) is 10.9. The van der Waals surface area contributed by atoms with E-state index in [1.165, 1.54) is 0 Å². The quantitative estimate of drug-likeness (QED) is 0.727. The molecule has 2 heterocycles. The molecule has 0 saturated carbocycles. The zero-order valence-electron chi connectivity index (χ0n) is 8.69. The van der Waals surface area contributed by atoms with Crippen LogP contribution < -0.4 is 5.32 Å². The monoisotopic (exact) mass is 222 g/mol. The summed E-state index contributed by atoms with van der Waals surface area (Å²) < 4.78 is 38.9. The molecule has 5 heteroatoms. The highest BCUT2D eigenvalue weighted by atomic mass is 19.3. The van der Waals surface area contributed by atoms with Gasteiger partial charge in [-0.25, -0.2) is 13.2 Å². The van der Waals surface area contributed by atoms with E-state index in [0.717, 1.165) is 0 Å². The molecule has 0 aromatic carbocycles. The molecule has 2 unspecified atom stereocenters. The van der Waals surface area contributed by atoms with Crippen LogP contribution in [-0.2, 0) is 0 Å². The summed E-state index contributed by atoms with van der Waals surface area (Å²) in [4.78, 5) is 1.95. The first-order valence-corrected chi connectivity index (χ1v) is 5.56. The summed E-state index contributed by atoms with van der Waals surface area (Å²) in [5.41, 5.74) is 0. The van der Waals surface area contributed by atoms with Crippen molar-refractivity contribution in [1.29, 1.82) is 0 Å². The van der Waals surface area contributed by atoms with Crippen molar-refractivity contribution in [2.75, 3.05) is 19.6 Å². The molecule has 0 aromatic heterocycles. The molecule has 88 valence electrons. The Morgan fingerprint density at radius 2 is 1.87 bits per heavy atom. The van der Waals surface area contributed by atoms with Gasteiger partial charge in [0.2, 0.25) is 0 Å². The fraction of sp³-hybridized carbons (Fsp3) is 1.00. The van der Waals surface area contributed by atoms with Crippen LogP contribution in [0.25, 0.3) is 0 Å². The Labute approximate surface area is 87.8 Å². The van der Waals surface area contributed by atoms with Gasteiger partial charge in [0, 0.05) is 32.4 Å². The van der Waals surface area contributed by atoms with Crippen LogP contribution in [0, 0.1) is 0 Å². The largest absolute Gasteiger partial charge is 0.302 e. The van der Waals surface area contributed by atoms with Gasteiger partial charge in [0.15, 0.2) is 0 Å². The number of rotatable bonds is 1. The Hall–Kier alpha value is -0.290. The Kier molecular flexibility index (Phi) is 3.21. The Bertz CT molecular complexity index is 213. The molecular formula is C10H17F3N2. The predicted molar refractivity (Wildman–Crippen MR) is 51.7 cm³/mol. The normalized spacial score (nSPS) is 37.8. The number of hydrogen-bond acceptors (Lipinski definition) is 2. The van der Waals surface area contributed by atoms with Crippen molar-refractivity contribution in [3.8, 4) is 0 Å². The lowest BCUT2D eigenvalue weighted by molar-refractivity contribution is -0.0703. The van der Waals surface area contributed by atoms with Gasteiger partial charge in [-0.1, -0.05) is 0 Å². The van der Waals surface area contributed by atoms with E-state index in [1.807, 2.05) is 4.90 Å². The van der Waals surface area contributed by atoms with Crippen LogP contribution in [-0.4, -0.2) is 42.8 Å². The maximum absolute atomic E-state index is 13.1. The molecule has 0 amide bonds. The Morgan fingerprint density at radius 3 is 2.47 bits per heavy atom. The first kappa shape index (κ1) is 11.2. The summed E-state index contributed by atoms with van der Waals surface area (Å²) in [6.45, 7) is 1.40. The third kappa shape index (κ3) is 2.84. The number of nitrogens with zero attached hydrogens (tertiary/aromatic N) is 1. The van der Waals surface area contributed by atoms with E-state index >= 15 is 0 Å². The average molecular weight is 222 g/mol. The first-order chi connectivity index (χ1) is 7.07. The lowest BCUT2D eigenvalue weighted by Gasteiger charge is -2.40.